The third kappa shape index (κ3) is 5.18. The summed E-state index contributed by atoms with van der Waals surface area (Å²) in [5, 5.41) is 4.58. The van der Waals surface area contributed by atoms with Crippen molar-refractivity contribution in [3.63, 3.8) is 0 Å². The molecule has 0 saturated carbocycles. The van der Waals surface area contributed by atoms with Crippen LogP contribution < -0.4 is 9.80 Å². The van der Waals surface area contributed by atoms with Crippen LogP contribution in [0.3, 0.4) is 0 Å². The molecule has 8 heteroatoms. The maximum atomic E-state index is 13.5. The van der Waals surface area contributed by atoms with E-state index in [9.17, 15) is 4.79 Å². The zero-order valence-corrected chi connectivity index (χ0v) is 21.7. The Hall–Kier alpha value is -4.20. The van der Waals surface area contributed by atoms with Crippen LogP contribution >= 0.6 is 0 Å². The highest BCUT2D eigenvalue weighted by molar-refractivity contribution is 5.95. The van der Waals surface area contributed by atoms with Crippen molar-refractivity contribution in [3.05, 3.63) is 90.0 Å². The Morgan fingerprint density at radius 1 is 0.973 bits per heavy atom. The van der Waals surface area contributed by atoms with E-state index < -0.39 is 0 Å². The Labute approximate surface area is 218 Å². The van der Waals surface area contributed by atoms with Crippen LogP contribution in [-0.2, 0) is 6.42 Å². The number of amides is 1. The first-order valence-electron chi connectivity index (χ1n) is 12.8. The van der Waals surface area contributed by atoms with Crippen LogP contribution in [0.2, 0.25) is 0 Å². The number of carbonyl (C=O) groups excluding carboxylic acids is 1. The van der Waals surface area contributed by atoms with E-state index >= 15 is 0 Å². The second-order valence-electron chi connectivity index (χ2n) is 9.41. The number of aromatic nitrogens is 4. The molecule has 3 heterocycles. The molecule has 37 heavy (non-hydrogen) atoms. The maximum absolute atomic E-state index is 13.5. The van der Waals surface area contributed by atoms with E-state index in [0.29, 0.717) is 31.7 Å². The highest BCUT2D eigenvalue weighted by atomic mass is 16.2. The van der Waals surface area contributed by atoms with E-state index in [2.05, 4.69) is 63.0 Å². The molecule has 5 rings (SSSR count). The Bertz CT molecular complexity index is 1360. The van der Waals surface area contributed by atoms with E-state index in [-0.39, 0.29) is 5.91 Å². The molecule has 1 fully saturated rings. The van der Waals surface area contributed by atoms with E-state index in [1.54, 1.807) is 12.5 Å². The lowest BCUT2D eigenvalue weighted by molar-refractivity contribution is 0.0745. The van der Waals surface area contributed by atoms with Crippen molar-refractivity contribution in [2.45, 2.75) is 26.7 Å². The summed E-state index contributed by atoms with van der Waals surface area (Å²) >= 11 is 0. The van der Waals surface area contributed by atoms with Gasteiger partial charge >= 0.3 is 0 Å². The van der Waals surface area contributed by atoms with Crippen molar-refractivity contribution in [1.82, 2.24) is 24.6 Å². The van der Waals surface area contributed by atoms with Crippen LogP contribution in [0.15, 0.2) is 73.2 Å². The van der Waals surface area contributed by atoms with Gasteiger partial charge in [0.05, 0.1) is 23.1 Å². The minimum absolute atomic E-state index is 0.0489. The minimum Gasteiger partial charge on any atom is -0.353 e. The molecule has 4 aromatic rings. The van der Waals surface area contributed by atoms with Crippen molar-refractivity contribution in [1.29, 1.82) is 0 Å². The van der Waals surface area contributed by atoms with Crippen molar-refractivity contribution >= 4 is 23.2 Å². The van der Waals surface area contributed by atoms with Gasteiger partial charge in [0.25, 0.3) is 5.91 Å². The SMILES string of the molecule is CCCc1c(C(=O)N2CCN(c3cc(N(C)c4cccc(C)c4)ncn3)CC2)cnn1-c1ccccc1. The zero-order valence-electron chi connectivity index (χ0n) is 21.7. The molecular weight excluding hydrogens is 462 g/mol. The number of nitrogens with zero attached hydrogens (tertiary/aromatic N) is 7. The fourth-order valence-electron chi connectivity index (χ4n) is 4.79. The van der Waals surface area contributed by atoms with Crippen LogP contribution in [0.4, 0.5) is 17.3 Å². The lowest BCUT2D eigenvalue weighted by Crippen LogP contribution is -2.49. The molecule has 0 aliphatic carbocycles. The van der Waals surface area contributed by atoms with Gasteiger partial charge in [-0.3, -0.25) is 4.79 Å². The van der Waals surface area contributed by atoms with Crippen LogP contribution in [0.25, 0.3) is 5.69 Å². The average molecular weight is 496 g/mol. The third-order valence-corrected chi connectivity index (χ3v) is 6.85. The molecule has 1 aliphatic heterocycles. The summed E-state index contributed by atoms with van der Waals surface area (Å²) in [5.41, 5.74) is 4.93. The number of hydrogen-bond acceptors (Lipinski definition) is 6. The predicted octanol–water partition coefficient (Wildman–Crippen LogP) is 4.65. The van der Waals surface area contributed by atoms with Gasteiger partial charge in [-0.2, -0.15) is 5.10 Å². The van der Waals surface area contributed by atoms with Gasteiger partial charge in [-0.15, -0.1) is 0 Å². The molecular formula is C29H33N7O. The van der Waals surface area contributed by atoms with Gasteiger partial charge in [-0.1, -0.05) is 43.7 Å². The number of carbonyl (C=O) groups is 1. The number of anilines is 3. The molecule has 0 atom stereocenters. The van der Waals surface area contributed by atoms with Crippen molar-refractivity contribution in [2.75, 3.05) is 43.0 Å². The quantitative estimate of drug-likeness (QED) is 0.372. The molecule has 0 spiro atoms. The third-order valence-electron chi connectivity index (χ3n) is 6.85. The summed E-state index contributed by atoms with van der Waals surface area (Å²) in [5.74, 6) is 1.76. The maximum Gasteiger partial charge on any atom is 0.257 e. The average Bonchev–Trinajstić information content (AvgIpc) is 3.36. The first-order valence-corrected chi connectivity index (χ1v) is 12.8. The molecule has 1 saturated heterocycles. The number of aryl methyl sites for hydroxylation is 1. The number of hydrogen-bond donors (Lipinski definition) is 0. The highest BCUT2D eigenvalue weighted by Crippen LogP contribution is 2.26. The summed E-state index contributed by atoms with van der Waals surface area (Å²) in [7, 11) is 2.01. The highest BCUT2D eigenvalue weighted by Gasteiger charge is 2.27. The summed E-state index contributed by atoms with van der Waals surface area (Å²) in [6.07, 6.45) is 5.09. The van der Waals surface area contributed by atoms with E-state index in [1.165, 1.54) is 5.56 Å². The molecule has 2 aromatic carbocycles. The fourth-order valence-corrected chi connectivity index (χ4v) is 4.79. The van der Waals surface area contributed by atoms with Crippen molar-refractivity contribution < 1.29 is 4.79 Å². The smallest absolute Gasteiger partial charge is 0.257 e. The normalized spacial score (nSPS) is 13.6. The largest absolute Gasteiger partial charge is 0.353 e. The van der Waals surface area contributed by atoms with Gasteiger partial charge in [-0.05, 0) is 43.2 Å². The van der Waals surface area contributed by atoms with Crippen LogP contribution in [0, 0.1) is 6.92 Å². The van der Waals surface area contributed by atoms with E-state index in [0.717, 1.165) is 41.5 Å². The Morgan fingerprint density at radius 3 is 2.49 bits per heavy atom. The van der Waals surface area contributed by atoms with Gasteiger partial charge in [-0.25, -0.2) is 14.6 Å². The second-order valence-corrected chi connectivity index (χ2v) is 9.41. The fraction of sp³-hybridized carbons (Fsp3) is 0.310. The number of piperazine rings is 1. The van der Waals surface area contributed by atoms with Gasteiger partial charge in [0.2, 0.25) is 0 Å². The molecule has 0 bridgehead atoms. The lowest BCUT2D eigenvalue weighted by atomic mass is 10.1. The van der Waals surface area contributed by atoms with Crippen molar-refractivity contribution in [2.24, 2.45) is 0 Å². The monoisotopic (exact) mass is 495 g/mol. The van der Waals surface area contributed by atoms with Crippen LogP contribution in [0.5, 0.6) is 0 Å². The molecule has 1 amide bonds. The number of para-hydroxylation sites is 1. The Kier molecular flexibility index (Phi) is 7.16. The Balaban J connectivity index is 1.28. The van der Waals surface area contributed by atoms with Gasteiger partial charge < -0.3 is 14.7 Å². The molecule has 0 N–H and O–H groups in total. The van der Waals surface area contributed by atoms with Gasteiger partial charge in [0.1, 0.15) is 18.0 Å². The topological polar surface area (TPSA) is 70.4 Å². The first-order chi connectivity index (χ1) is 18.0. The number of rotatable bonds is 7. The Morgan fingerprint density at radius 2 is 1.76 bits per heavy atom. The molecule has 0 unspecified atom stereocenters. The lowest BCUT2D eigenvalue weighted by Gasteiger charge is -2.35. The molecule has 1 aliphatic rings. The predicted molar refractivity (Wildman–Crippen MR) is 147 cm³/mol. The summed E-state index contributed by atoms with van der Waals surface area (Å²) in [6, 6.07) is 20.4. The number of benzene rings is 2. The molecule has 0 radical (unpaired) electrons. The van der Waals surface area contributed by atoms with Crippen LogP contribution in [0.1, 0.15) is 35.0 Å². The van der Waals surface area contributed by atoms with Crippen molar-refractivity contribution in [3.8, 4) is 5.69 Å². The molecule has 8 nitrogen and oxygen atoms in total. The van der Waals surface area contributed by atoms with Gasteiger partial charge in [0.15, 0.2) is 0 Å². The van der Waals surface area contributed by atoms with Gasteiger partial charge in [0, 0.05) is 45.0 Å². The zero-order chi connectivity index (χ0) is 25.8. The summed E-state index contributed by atoms with van der Waals surface area (Å²) < 4.78 is 1.90. The minimum atomic E-state index is 0.0489. The molecule has 2 aromatic heterocycles. The molecule has 190 valence electrons. The van der Waals surface area contributed by atoms with E-state index in [1.807, 2.05) is 53.0 Å². The summed E-state index contributed by atoms with van der Waals surface area (Å²) in [4.78, 5) is 28.8. The van der Waals surface area contributed by atoms with Crippen LogP contribution in [-0.4, -0.2) is 63.8 Å². The first kappa shape index (κ1) is 24.5. The summed E-state index contributed by atoms with van der Waals surface area (Å²) in [6.45, 7) is 6.91. The standard InChI is InChI=1S/C29H33N7O/c1-4-9-26-25(20-32-36(26)23-11-6-5-7-12-23)29(37)35-16-14-34(15-17-35)28-19-27(30-21-31-28)33(3)24-13-8-10-22(2)18-24/h5-8,10-13,18-21H,4,9,14-17H2,1-3H3. The second kappa shape index (κ2) is 10.8. The van der Waals surface area contributed by atoms with E-state index in [4.69, 9.17) is 0 Å².